The molecule has 0 saturated heterocycles. The molecule has 1 unspecified atom stereocenters. The van der Waals surface area contributed by atoms with E-state index in [4.69, 9.17) is 14.5 Å². The molecule has 0 bridgehead atoms. The van der Waals surface area contributed by atoms with Gasteiger partial charge in [-0.2, -0.15) is 0 Å². The van der Waals surface area contributed by atoms with Crippen LogP contribution >= 0.6 is 0 Å². The second-order valence-corrected chi connectivity index (χ2v) is 8.20. The zero-order valence-corrected chi connectivity index (χ0v) is 17.0. The topological polar surface area (TPSA) is 82.4 Å². The molecule has 1 aromatic carbocycles. The van der Waals surface area contributed by atoms with Crippen molar-refractivity contribution in [2.75, 3.05) is 18.1 Å². The second kappa shape index (κ2) is 7.12. The number of ether oxygens (including phenoxy) is 2. The van der Waals surface area contributed by atoms with Gasteiger partial charge >= 0.3 is 0 Å². The maximum Gasteiger partial charge on any atom is 0.255 e. The Kier molecular flexibility index (Phi) is 4.42. The molecule has 0 saturated carbocycles. The van der Waals surface area contributed by atoms with E-state index in [0.717, 1.165) is 17.9 Å². The van der Waals surface area contributed by atoms with Crippen LogP contribution in [0.25, 0.3) is 11.4 Å². The first-order valence-electron chi connectivity index (χ1n) is 10.1. The van der Waals surface area contributed by atoms with Crippen molar-refractivity contribution in [1.82, 2.24) is 19.5 Å². The van der Waals surface area contributed by atoms with E-state index < -0.39 is 0 Å². The van der Waals surface area contributed by atoms with Gasteiger partial charge in [-0.3, -0.25) is 9.36 Å². The summed E-state index contributed by atoms with van der Waals surface area (Å²) in [7, 11) is 0. The molecule has 0 amide bonds. The van der Waals surface area contributed by atoms with E-state index in [1.54, 1.807) is 22.9 Å². The number of rotatable bonds is 3. The van der Waals surface area contributed by atoms with Crippen molar-refractivity contribution in [3.05, 3.63) is 59.3 Å². The van der Waals surface area contributed by atoms with Crippen molar-refractivity contribution in [3.8, 4) is 22.9 Å². The zero-order chi connectivity index (χ0) is 20.7. The molecule has 4 heterocycles. The number of para-hydroxylation sites is 2. The standard InChI is InChI=1S/C22H23N5O3/c1-22(2)8-10-26-20(28)11-17(16-7-9-23-14-24-16)25-21(26)27(22)12-15-13-29-18-5-3-4-6-19(18)30-15/h3-7,9,11,14-15H,8,10,12-13H2,1-2H3. The molecule has 0 radical (unpaired) electrons. The summed E-state index contributed by atoms with van der Waals surface area (Å²) in [5, 5.41) is 0. The van der Waals surface area contributed by atoms with Crippen molar-refractivity contribution in [1.29, 1.82) is 0 Å². The summed E-state index contributed by atoms with van der Waals surface area (Å²) in [6, 6.07) is 11.0. The van der Waals surface area contributed by atoms with Gasteiger partial charge in [0.25, 0.3) is 5.56 Å². The number of fused-ring (bicyclic) bond motifs is 2. The average molecular weight is 405 g/mol. The molecule has 0 N–H and O–H groups in total. The lowest BCUT2D eigenvalue weighted by Crippen LogP contribution is -2.56. The summed E-state index contributed by atoms with van der Waals surface area (Å²) in [4.78, 5) is 28.1. The van der Waals surface area contributed by atoms with Crippen LogP contribution in [0.5, 0.6) is 11.5 Å². The number of aromatic nitrogens is 4. The van der Waals surface area contributed by atoms with Crippen LogP contribution < -0.4 is 19.9 Å². The van der Waals surface area contributed by atoms with Crippen LogP contribution in [0.3, 0.4) is 0 Å². The van der Waals surface area contributed by atoms with E-state index in [1.807, 2.05) is 24.3 Å². The molecule has 2 aromatic heterocycles. The maximum atomic E-state index is 12.9. The normalized spacial score (nSPS) is 19.3. The lowest BCUT2D eigenvalue weighted by atomic mass is 9.95. The van der Waals surface area contributed by atoms with Crippen LogP contribution in [0.4, 0.5) is 5.95 Å². The fourth-order valence-corrected chi connectivity index (χ4v) is 3.96. The van der Waals surface area contributed by atoms with Crippen LogP contribution in [-0.4, -0.2) is 44.3 Å². The molecule has 154 valence electrons. The Balaban J connectivity index is 1.51. The predicted octanol–water partition coefficient (Wildman–Crippen LogP) is 2.53. The molecule has 2 aliphatic heterocycles. The van der Waals surface area contributed by atoms with Crippen LogP contribution in [0.15, 0.2) is 53.7 Å². The summed E-state index contributed by atoms with van der Waals surface area (Å²) in [5.74, 6) is 2.13. The third-order valence-electron chi connectivity index (χ3n) is 5.71. The Morgan fingerprint density at radius 3 is 2.80 bits per heavy atom. The highest BCUT2D eigenvalue weighted by molar-refractivity contribution is 5.56. The van der Waals surface area contributed by atoms with Crippen LogP contribution in [0, 0.1) is 0 Å². The highest BCUT2D eigenvalue weighted by Gasteiger charge is 2.37. The Bertz CT molecular complexity index is 1130. The zero-order valence-electron chi connectivity index (χ0n) is 17.0. The molecular weight excluding hydrogens is 382 g/mol. The third kappa shape index (κ3) is 3.28. The summed E-state index contributed by atoms with van der Waals surface area (Å²) >= 11 is 0. The highest BCUT2D eigenvalue weighted by atomic mass is 16.6. The second-order valence-electron chi connectivity index (χ2n) is 8.20. The lowest BCUT2D eigenvalue weighted by Gasteiger charge is -2.45. The highest BCUT2D eigenvalue weighted by Crippen LogP contribution is 2.35. The first kappa shape index (κ1) is 18.6. The average Bonchev–Trinajstić information content (AvgIpc) is 2.76. The predicted molar refractivity (Wildman–Crippen MR) is 112 cm³/mol. The van der Waals surface area contributed by atoms with Crippen molar-refractivity contribution in [2.24, 2.45) is 0 Å². The molecule has 5 rings (SSSR count). The molecule has 1 atom stereocenters. The van der Waals surface area contributed by atoms with Crippen molar-refractivity contribution in [3.63, 3.8) is 0 Å². The van der Waals surface area contributed by atoms with E-state index in [0.29, 0.717) is 37.0 Å². The molecule has 0 aliphatic carbocycles. The number of nitrogens with zero attached hydrogens (tertiary/aromatic N) is 5. The van der Waals surface area contributed by atoms with Gasteiger partial charge in [-0.1, -0.05) is 12.1 Å². The minimum absolute atomic E-state index is 0.0831. The Morgan fingerprint density at radius 1 is 1.17 bits per heavy atom. The summed E-state index contributed by atoms with van der Waals surface area (Å²) in [6.07, 6.45) is 3.76. The number of hydrogen-bond donors (Lipinski definition) is 0. The van der Waals surface area contributed by atoms with E-state index in [1.165, 1.54) is 6.33 Å². The van der Waals surface area contributed by atoms with Crippen molar-refractivity contribution >= 4 is 5.95 Å². The first-order valence-corrected chi connectivity index (χ1v) is 10.1. The molecule has 0 fully saturated rings. The fourth-order valence-electron chi connectivity index (χ4n) is 3.96. The summed E-state index contributed by atoms with van der Waals surface area (Å²) in [6.45, 7) is 5.95. The molecule has 8 heteroatoms. The molecule has 30 heavy (non-hydrogen) atoms. The number of anilines is 1. The smallest absolute Gasteiger partial charge is 0.255 e. The molecule has 0 spiro atoms. The largest absolute Gasteiger partial charge is 0.486 e. The first-order chi connectivity index (χ1) is 14.5. The van der Waals surface area contributed by atoms with Crippen LogP contribution in [0.1, 0.15) is 20.3 Å². The van der Waals surface area contributed by atoms with E-state index >= 15 is 0 Å². The van der Waals surface area contributed by atoms with Gasteiger partial charge in [-0.15, -0.1) is 0 Å². The van der Waals surface area contributed by atoms with Crippen molar-refractivity contribution in [2.45, 2.75) is 38.5 Å². The monoisotopic (exact) mass is 405 g/mol. The summed E-state index contributed by atoms with van der Waals surface area (Å²) < 4.78 is 13.8. The Hall–Kier alpha value is -3.42. The minimum Gasteiger partial charge on any atom is -0.486 e. The quantitative estimate of drug-likeness (QED) is 0.662. The van der Waals surface area contributed by atoms with Gasteiger partial charge in [0.2, 0.25) is 5.95 Å². The molecule has 3 aromatic rings. The van der Waals surface area contributed by atoms with E-state index in [9.17, 15) is 4.79 Å². The fraction of sp³-hybridized carbons (Fsp3) is 0.364. The van der Waals surface area contributed by atoms with E-state index in [2.05, 4.69) is 28.7 Å². The number of benzene rings is 1. The van der Waals surface area contributed by atoms with Gasteiger partial charge in [0.1, 0.15) is 12.9 Å². The van der Waals surface area contributed by atoms with Crippen molar-refractivity contribution < 1.29 is 9.47 Å². The Morgan fingerprint density at radius 2 is 2.00 bits per heavy atom. The molecule has 2 aliphatic rings. The van der Waals surface area contributed by atoms with E-state index in [-0.39, 0.29) is 17.2 Å². The van der Waals surface area contributed by atoms with Crippen LogP contribution in [0.2, 0.25) is 0 Å². The molecular formula is C22H23N5O3. The van der Waals surface area contributed by atoms with Gasteiger partial charge in [0, 0.05) is 24.3 Å². The molecule has 8 nitrogen and oxygen atoms in total. The SMILES string of the molecule is CC1(C)CCn2c(nc(-c3ccncn3)cc2=O)N1CC1COc2ccccc2O1. The van der Waals surface area contributed by atoms with Gasteiger partial charge in [-0.25, -0.2) is 15.0 Å². The lowest BCUT2D eigenvalue weighted by molar-refractivity contribution is 0.0896. The summed E-state index contributed by atoms with van der Waals surface area (Å²) in [5.41, 5.74) is 0.895. The maximum absolute atomic E-state index is 12.9. The van der Waals surface area contributed by atoms with Gasteiger partial charge in [0.05, 0.1) is 17.9 Å². The number of hydrogen-bond acceptors (Lipinski definition) is 7. The Labute approximate surface area is 174 Å². The van der Waals surface area contributed by atoms with Crippen LogP contribution in [-0.2, 0) is 6.54 Å². The third-order valence-corrected chi connectivity index (χ3v) is 5.71. The van der Waals surface area contributed by atoms with Gasteiger partial charge in [0.15, 0.2) is 17.6 Å². The van der Waals surface area contributed by atoms with Gasteiger partial charge < -0.3 is 14.4 Å². The minimum atomic E-state index is -0.190. The van der Waals surface area contributed by atoms with Gasteiger partial charge in [-0.05, 0) is 38.5 Å².